The van der Waals surface area contributed by atoms with Gasteiger partial charge in [0.2, 0.25) is 11.8 Å². The fourth-order valence-electron chi connectivity index (χ4n) is 1.75. The number of hydrogen-bond acceptors (Lipinski definition) is 5. The first-order valence-electron chi connectivity index (χ1n) is 6.49. The topological polar surface area (TPSA) is 72.0 Å². The van der Waals surface area contributed by atoms with Gasteiger partial charge in [0.1, 0.15) is 5.60 Å². The zero-order valence-electron chi connectivity index (χ0n) is 11.6. The van der Waals surface area contributed by atoms with Crippen molar-refractivity contribution in [3.05, 3.63) is 41.4 Å². The standard InChI is InChI=1S/C14H19N3O2/c1-4-6-12-16-17-13(19-12)9-10-7-5-8-11(15-10)14(2,3)18/h5,7-8,18H,4,6,9H2,1-3H3. The van der Waals surface area contributed by atoms with Crippen LogP contribution in [0.5, 0.6) is 0 Å². The Labute approximate surface area is 112 Å². The lowest BCUT2D eigenvalue weighted by Gasteiger charge is -2.16. The van der Waals surface area contributed by atoms with Gasteiger partial charge in [-0.1, -0.05) is 13.0 Å². The Kier molecular flexibility index (Phi) is 3.95. The molecule has 1 N–H and O–H groups in total. The van der Waals surface area contributed by atoms with Gasteiger partial charge in [-0.25, -0.2) is 0 Å². The fraction of sp³-hybridized carbons (Fsp3) is 0.500. The Hall–Kier alpha value is -1.75. The Morgan fingerprint density at radius 2 is 1.95 bits per heavy atom. The summed E-state index contributed by atoms with van der Waals surface area (Å²) in [5, 5.41) is 17.9. The predicted molar refractivity (Wildman–Crippen MR) is 70.6 cm³/mol. The zero-order valence-corrected chi connectivity index (χ0v) is 11.6. The molecule has 19 heavy (non-hydrogen) atoms. The lowest BCUT2D eigenvalue weighted by molar-refractivity contribution is 0.0736. The van der Waals surface area contributed by atoms with Crippen LogP contribution in [0.1, 0.15) is 50.4 Å². The summed E-state index contributed by atoms with van der Waals surface area (Å²) in [6.45, 7) is 5.49. The molecular formula is C14H19N3O2. The van der Waals surface area contributed by atoms with Crippen molar-refractivity contribution in [3.8, 4) is 0 Å². The molecule has 2 aromatic heterocycles. The van der Waals surface area contributed by atoms with Gasteiger partial charge >= 0.3 is 0 Å². The van der Waals surface area contributed by atoms with Crippen molar-refractivity contribution in [1.29, 1.82) is 0 Å². The van der Waals surface area contributed by atoms with Crippen LogP contribution in [-0.2, 0) is 18.4 Å². The van der Waals surface area contributed by atoms with Crippen LogP contribution < -0.4 is 0 Å². The fourth-order valence-corrected chi connectivity index (χ4v) is 1.75. The summed E-state index contributed by atoms with van der Waals surface area (Å²) in [6, 6.07) is 5.57. The minimum Gasteiger partial charge on any atom is -0.425 e. The SMILES string of the molecule is CCCc1nnc(Cc2cccc(C(C)(C)O)n2)o1. The highest BCUT2D eigenvalue weighted by Gasteiger charge is 2.18. The van der Waals surface area contributed by atoms with Crippen LogP contribution >= 0.6 is 0 Å². The van der Waals surface area contributed by atoms with E-state index in [9.17, 15) is 5.11 Å². The van der Waals surface area contributed by atoms with Crippen LogP contribution in [0, 0.1) is 0 Å². The van der Waals surface area contributed by atoms with E-state index in [-0.39, 0.29) is 0 Å². The second-order valence-electron chi connectivity index (χ2n) is 5.09. The maximum absolute atomic E-state index is 9.94. The van der Waals surface area contributed by atoms with E-state index in [1.54, 1.807) is 19.9 Å². The molecule has 0 saturated heterocycles. The van der Waals surface area contributed by atoms with Crippen molar-refractivity contribution in [3.63, 3.8) is 0 Å². The van der Waals surface area contributed by atoms with Gasteiger partial charge in [0.05, 0.1) is 17.8 Å². The summed E-state index contributed by atoms with van der Waals surface area (Å²) in [5.74, 6) is 1.22. The molecule has 0 spiro atoms. The Morgan fingerprint density at radius 1 is 1.21 bits per heavy atom. The third kappa shape index (κ3) is 3.61. The molecule has 0 saturated carbocycles. The largest absolute Gasteiger partial charge is 0.425 e. The van der Waals surface area contributed by atoms with E-state index in [0.717, 1.165) is 18.5 Å². The summed E-state index contributed by atoms with van der Waals surface area (Å²) in [7, 11) is 0. The average Bonchev–Trinajstić information content (AvgIpc) is 2.76. The van der Waals surface area contributed by atoms with Crippen LogP contribution in [0.15, 0.2) is 22.6 Å². The van der Waals surface area contributed by atoms with Crippen LogP contribution in [0.25, 0.3) is 0 Å². The van der Waals surface area contributed by atoms with Gasteiger partial charge in [-0.3, -0.25) is 4.98 Å². The summed E-state index contributed by atoms with van der Waals surface area (Å²) in [5.41, 5.74) is 0.503. The van der Waals surface area contributed by atoms with Gasteiger partial charge < -0.3 is 9.52 Å². The van der Waals surface area contributed by atoms with Gasteiger partial charge in [0.15, 0.2) is 0 Å². The van der Waals surface area contributed by atoms with E-state index in [1.807, 2.05) is 12.1 Å². The summed E-state index contributed by atoms with van der Waals surface area (Å²) in [4.78, 5) is 4.42. The van der Waals surface area contributed by atoms with Gasteiger partial charge in [-0.15, -0.1) is 10.2 Å². The van der Waals surface area contributed by atoms with Crippen LogP contribution in [0.2, 0.25) is 0 Å². The quantitative estimate of drug-likeness (QED) is 0.893. The second kappa shape index (κ2) is 5.48. The molecule has 0 fully saturated rings. The molecule has 0 aromatic carbocycles. The first-order valence-corrected chi connectivity index (χ1v) is 6.49. The van der Waals surface area contributed by atoms with Crippen LogP contribution in [-0.4, -0.2) is 20.3 Å². The Morgan fingerprint density at radius 3 is 2.63 bits per heavy atom. The molecule has 0 bridgehead atoms. The molecule has 0 radical (unpaired) electrons. The monoisotopic (exact) mass is 261 g/mol. The minimum absolute atomic E-state index is 0.487. The van der Waals surface area contributed by atoms with Crippen molar-refractivity contribution < 1.29 is 9.52 Å². The highest BCUT2D eigenvalue weighted by Crippen LogP contribution is 2.18. The predicted octanol–water partition coefficient (Wildman–Crippen LogP) is 2.24. The van der Waals surface area contributed by atoms with E-state index < -0.39 is 5.60 Å². The number of pyridine rings is 1. The lowest BCUT2D eigenvalue weighted by Crippen LogP contribution is -2.18. The molecule has 2 heterocycles. The maximum atomic E-state index is 9.94. The summed E-state index contributed by atoms with van der Waals surface area (Å²) >= 11 is 0. The molecule has 0 aliphatic heterocycles. The van der Waals surface area contributed by atoms with Gasteiger partial charge in [-0.05, 0) is 32.4 Å². The molecular weight excluding hydrogens is 242 g/mol. The lowest BCUT2D eigenvalue weighted by atomic mass is 10.0. The number of rotatable bonds is 5. The summed E-state index contributed by atoms with van der Waals surface area (Å²) < 4.78 is 5.53. The number of aliphatic hydroxyl groups is 1. The highest BCUT2D eigenvalue weighted by molar-refractivity contribution is 5.17. The molecule has 102 valence electrons. The normalized spacial score (nSPS) is 11.8. The molecule has 0 aliphatic rings. The van der Waals surface area contributed by atoms with Crippen molar-refractivity contribution in [2.24, 2.45) is 0 Å². The third-order valence-electron chi connectivity index (χ3n) is 2.74. The molecule has 0 amide bonds. The van der Waals surface area contributed by atoms with Gasteiger partial charge in [-0.2, -0.15) is 0 Å². The molecule has 2 aromatic rings. The van der Waals surface area contributed by atoms with Crippen molar-refractivity contribution in [2.45, 2.75) is 45.6 Å². The first-order chi connectivity index (χ1) is 8.99. The number of nitrogens with zero attached hydrogens (tertiary/aromatic N) is 3. The van der Waals surface area contributed by atoms with Gasteiger partial charge in [0, 0.05) is 6.42 Å². The molecule has 0 aliphatic carbocycles. The Balaban J connectivity index is 2.14. The third-order valence-corrected chi connectivity index (χ3v) is 2.74. The van der Waals surface area contributed by atoms with Crippen molar-refractivity contribution in [1.82, 2.24) is 15.2 Å². The minimum atomic E-state index is -0.946. The average molecular weight is 261 g/mol. The van der Waals surface area contributed by atoms with E-state index >= 15 is 0 Å². The van der Waals surface area contributed by atoms with E-state index in [4.69, 9.17) is 4.42 Å². The first kappa shape index (κ1) is 13.7. The number of aromatic nitrogens is 3. The maximum Gasteiger partial charge on any atom is 0.222 e. The van der Waals surface area contributed by atoms with Crippen molar-refractivity contribution in [2.75, 3.05) is 0 Å². The van der Waals surface area contributed by atoms with E-state index in [1.165, 1.54) is 0 Å². The van der Waals surface area contributed by atoms with Crippen molar-refractivity contribution >= 4 is 0 Å². The molecule has 2 rings (SSSR count). The molecule has 5 nitrogen and oxygen atoms in total. The summed E-state index contributed by atoms with van der Waals surface area (Å²) in [6.07, 6.45) is 2.26. The number of hydrogen-bond donors (Lipinski definition) is 1. The second-order valence-corrected chi connectivity index (χ2v) is 5.09. The van der Waals surface area contributed by atoms with E-state index in [0.29, 0.717) is 23.9 Å². The molecule has 0 atom stereocenters. The van der Waals surface area contributed by atoms with Crippen LogP contribution in [0.4, 0.5) is 0 Å². The van der Waals surface area contributed by atoms with Gasteiger partial charge in [0.25, 0.3) is 0 Å². The smallest absolute Gasteiger partial charge is 0.222 e. The van der Waals surface area contributed by atoms with E-state index in [2.05, 4.69) is 22.1 Å². The zero-order chi connectivity index (χ0) is 13.9. The van der Waals surface area contributed by atoms with Crippen LogP contribution in [0.3, 0.4) is 0 Å². The molecule has 0 unspecified atom stereocenters. The number of aryl methyl sites for hydroxylation is 1. The highest BCUT2D eigenvalue weighted by atomic mass is 16.4. The molecule has 5 heteroatoms. The Bertz CT molecular complexity index is 544.